The standard InChI is InChI=1S/C11H13NO3/c1-3-11(14)12-7-8-4-5-10(15-2)9(13)6-8/h3-6,13H,1,7H2,2H3,(H,12,14). The van der Waals surface area contributed by atoms with Gasteiger partial charge in [-0.05, 0) is 23.8 Å². The van der Waals surface area contributed by atoms with Crippen LogP contribution in [0.15, 0.2) is 30.9 Å². The zero-order valence-corrected chi connectivity index (χ0v) is 8.49. The van der Waals surface area contributed by atoms with Crippen LogP contribution in [0.25, 0.3) is 0 Å². The molecular weight excluding hydrogens is 194 g/mol. The number of rotatable bonds is 4. The fourth-order valence-electron chi connectivity index (χ4n) is 1.11. The highest BCUT2D eigenvalue weighted by Crippen LogP contribution is 2.25. The van der Waals surface area contributed by atoms with E-state index in [1.807, 2.05) is 0 Å². The van der Waals surface area contributed by atoms with Crippen LogP contribution in [-0.2, 0) is 11.3 Å². The minimum Gasteiger partial charge on any atom is -0.504 e. The number of methoxy groups -OCH3 is 1. The van der Waals surface area contributed by atoms with Crippen LogP contribution in [0, 0.1) is 0 Å². The molecule has 4 heteroatoms. The topological polar surface area (TPSA) is 58.6 Å². The Bertz CT molecular complexity index is 374. The van der Waals surface area contributed by atoms with Gasteiger partial charge < -0.3 is 15.2 Å². The van der Waals surface area contributed by atoms with Gasteiger partial charge in [0.1, 0.15) is 0 Å². The molecule has 0 fully saturated rings. The first-order chi connectivity index (χ1) is 7.17. The van der Waals surface area contributed by atoms with E-state index in [4.69, 9.17) is 4.74 Å². The molecule has 0 unspecified atom stereocenters. The van der Waals surface area contributed by atoms with Gasteiger partial charge in [-0.2, -0.15) is 0 Å². The summed E-state index contributed by atoms with van der Waals surface area (Å²) in [6, 6.07) is 4.95. The molecular formula is C11H13NO3. The van der Waals surface area contributed by atoms with E-state index < -0.39 is 0 Å². The van der Waals surface area contributed by atoms with Gasteiger partial charge in [-0.15, -0.1) is 0 Å². The Kier molecular flexibility index (Phi) is 3.74. The second kappa shape index (κ2) is 5.05. The minimum atomic E-state index is -0.245. The number of nitrogens with one attached hydrogen (secondary N) is 1. The van der Waals surface area contributed by atoms with Crippen LogP contribution < -0.4 is 10.1 Å². The van der Waals surface area contributed by atoms with E-state index in [2.05, 4.69) is 11.9 Å². The third-order valence-corrected chi connectivity index (χ3v) is 1.90. The average Bonchev–Trinajstić information content (AvgIpc) is 2.26. The molecule has 0 aliphatic heterocycles. The van der Waals surface area contributed by atoms with Crippen LogP contribution in [0.5, 0.6) is 11.5 Å². The molecule has 0 aliphatic rings. The highest BCUT2D eigenvalue weighted by molar-refractivity contribution is 5.86. The van der Waals surface area contributed by atoms with Crippen molar-refractivity contribution in [2.45, 2.75) is 6.54 Å². The summed E-state index contributed by atoms with van der Waals surface area (Å²) < 4.78 is 4.89. The Labute approximate surface area is 88.2 Å². The zero-order chi connectivity index (χ0) is 11.3. The van der Waals surface area contributed by atoms with E-state index >= 15 is 0 Å². The largest absolute Gasteiger partial charge is 0.504 e. The van der Waals surface area contributed by atoms with E-state index in [1.54, 1.807) is 18.2 Å². The zero-order valence-electron chi connectivity index (χ0n) is 8.49. The summed E-state index contributed by atoms with van der Waals surface area (Å²) in [7, 11) is 1.48. The smallest absolute Gasteiger partial charge is 0.243 e. The Morgan fingerprint density at radius 3 is 2.93 bits per heavy atom. The van der Waals surface area contributed by atoms with Crippen LogP contribution in [0.3, 0.4) is 0 Å². The predicted molar refractivity (Wildman–Crippen MR) is 56.7 cm³/mol. The van der Waals surface area contributed by atoms with Crippen molar-refractivity contribution >= 4 is 5.91 Å². The van der Waals surface area contributed by atoms with Gasteiger partial charge in [0.25, 0.3) is 0 Å². The summed E-state index contributed by atoms with van der Waals surface area (Å²) in [6.45, 7) is 3.69. The van der Waals surface area contributed by atoms with Crippen LogP contribution >= 0.6 is 0 Å². The molecule has 1 rings (SSSR count). The van der Waals surface area contributed by atoms with Crippen molar-refractivity contribution in [2.24, 2.45) is 0 Å². The van der Waals surface area contributed by atoms with Gasteiger partial charge in [-0.25, -0.2) is 0 Å². The summed E-state index contributed by atoms with van der Waals surface area (Å²) in [5.74, 6) is 0.224. The highest BCUT2D eigenvalue weighted by Gasteiger charge is 2.02. The molecule has 0 aliphatic carbocycles. The number of phenolic OH excluding ortho intramolecular Hbond substituents is 1. The Morgan fingerprint density at radius 1 is 1.67 bits per heavy atom. The molecule has 4 nitrogen and oxygen atoms in total. The molecule has 15 heavy (non-hydrogen) atoms. The summed E-state index contributed by atoms with van der Waals surface area (Å²) in [5, 5.41) is 12.1. The van der Waals surface area contributed by atoms with E-state index in [9.17, 15) is 9.90 Å². The number of aromatic hydroxyl groups is 1. The van der Waals surface area contributed by atoms with Crippen molar-refractivity contribution in [3.63, 3.8) is 0 Å². The van der Waals surface area contributed by atoms with Crippen molar-refractivity contribution < 1.29 is 14.6 Å². The first kappa shape index (κ1) is 11.1. The number of hydrogen-bond donors (Lipinski definition) is 2. The maximum absolute atomic E-state index is 10.9. The van der Waals surface area contributed by atoms with Crippen LogP contribution in [0.1, 0.15) is 5.56 Å². The van der Waals surface area contributed by atoms with Gasteiger partial charge in [0.15, 0.2) is 11.5 Å². The highest BCUT2D eigenvalue weighted by atomic mass is 16.5. The van der Waals surface area contributed by atoms with Gasteiger partial charge >= 0.3 is 0 Å². The number of phenols is 1. The van der Waals surface area contributed by atoms with Crippen molar-refractivity contribution in [2.75, 3.05) is 7.11 Å². The minimum absolute atomic E-state index is 0.0582. The number of ether oxygens (including phenoxy) is 1. The second-order valence-electron chi connectivity index (χ2n) is 2.93. The normalized spacial score (nSPS) is 9.40. The van der Waals surface area contributed by atoms with E-state index in [0.717, 1.165) is 5.56 Å². The molecule has 0 spiro atoms. The Morgan fingerprint density at radius 2 is 2.40 bits per heavy atom. The van der Waals surface area contributed by atoms with Crippen molar-refractivity contribution in [1.82, 2.24) is 5.32 Å². The summed E-state index contributed by atoms with van der Waals surface area (Å²) in [4.78, 5) is 10.9. The Hall–Kier alpha value is -1.97. The number of benzene rings is 1. The van der Waals surface area contributed by atoms with Gasteiger partial charge in [0, 0.05) is 6.54 Å². The van der Waals surface area contributed by atoms with Crippen LogP contribution in [-0.4, -0.2) is 18.1 Å². The first-order valence-electron chi connectivity index (χ1n) is 4.43. The Balaban J connectivity index is 2.67. The van der Waals surface area contributed by atoms with Crippen LogP contribution in [0.4, 0.5) is 0 Å². The van der Waals surface area contributed by atoms with E-state index in [1.165, 1.54) is 13.2 Å². The SMILES string of the molecule is C=CC(=O)NCc1ccc(OC)c(O)c1. The number of carbonyl (C=O) groups excluding carboxylic acids is 1. The summed E-state index contributed by atoms with van der Waals surface area (Å²) >= 11 is 0. The quantitative estimate of drug-likeness (QED) is 0.729. The molecule has 0 atom stereocenters. The lowest BCUT2D eigenvalue weighted by atomic mass is 10.2. The lowest BCUT2D eigenvalue weighted by Crippen LogP contribution is -2.19. The fourth-order valence-corrected chi connectivity index (χ4v) is 1.11. The molecule has 0 bridgehead atoms. The fraction of sp³-hybridized carbons (Fsp3) is 0.182. The van der Waals surface area contributed by atoms with Crippen molar-refractivity contribution in [3.8, 4) is 11.5 Å². The number of amides is 1. The third-order valence-electron chi connectivity index (χ3n) is 1.90. The number of hydrogen-bond acceptors (Lipinski definition) is 3. The molecule has 1 aromatic carbocycles. The van der Waals surface area contributed by atoms with Crippen molar-refractivity contribution in [3.05, 3.63) is 36.4 Å². The second-order valence-corrected chi connectivity index (χ2v) is 2.93. The van der Waals surface area contributed by atoms with Crippen LogP contribution in [0.2, 0.25) is 0 Å². The lowest BCUT2D eigenvalue weighted by molar-refractivity contribution is -0.116. The molecule has 1 aromatic rings. The van der Waals surface area contributed by atoms with Gasteiger partial charge in [0.05, 0.1) is 7.11 Å². The molecule has 0 heterocycles. The summed E-state index contributed by atoms with van der Waals surface area (Å²) in [5.41, 5.74) is 0.795. The average molecular weight is 207 g/mol. The molecule has 0 radical (unpaired) electrons. The maximum Gasteiger partial charge on any atom is 0.243 e. The molecule has 0 saturated carbocycles. The van der Waals surface area contributed by atoms with Gasteiger partial charge in [0.2, 0.25) is 5.91 Å². The van der Waals surface area contributed by atoms with E-state index in [0.29, 0.717) is 12.3 Å². The molecule has 0 saturated heterocycles. The van der Waals surface area contributed by atoms with Gasteiger partial charge in [-0.1, -0.05) is 12.6 Å². The van der Waals surface area contributed by atoms with Crippen molar-refractivity contribution in [1.29, 1.82) is 0 Å². The maximum atomic E-state index is 10.9. The van der Waals surface area contributed by atoms with E-state index in [-0.39, 0.29) is 11.7 Å². The predicted octanol–water partition coefficient (Wildman–Crippen LogP) is 1.20. The molecule has 80 valence electrons. The third kappa shape index (κ3) is 3.02. The van der Waals surface area contributed by atoms with Gasteiger partial charge in [-0.3, -0.25) is 4.79 Å². The lowest BCUT2D eigenvalue weighted by Gasteiger charge is -2.06. The molecule has 0 aromatic heterocycles. The monoisotopic (exact) mass is 207 g/mol. The summed E-state index contributed by atoms with van der Waals surface area (Å²) in [6.07, 6.45) is 1.20. The molecule has 1 amide bonds. The first-order valence-corrected chi connectivity index (χ1v) is 4.43. The molecule has 2 N–H and O–H groups in total. The number of carbonyl (C=O) groups is 1.